The van der Waals surface area contributed by atoms with Crippen molar-refractivity contribution in [2.45, 2.75) is 6.61 Å². The summed E-state index contributed by atoms with van der Waals surface area (Å²) in [6, 6.07) is 7.52. The van der Waals surface area contributed by atoms with Gasteiger partial charge in [-0.25, -0.2) is 4.98 Å². The molecule has 0 unspecified atom stereocenters. The normalized spacial score (nSPS) is 10.4. The summed E-state index contributed by atoms with van der Waals surface area (Å²) in [5.74, 6) is 0.701. The van der Waals surface area contributed by atoms with Crippen LogP contribution in [-0.4, -0.2) is 10.1 Å². The van der Waals surface area contributed by atoms with Crippen LogP contribution in [0, 0.1) is 11.3 Å². The van der Waals surface area contributed by atoms with E-state index in [1.165, 1.54) is 5.51 Å². The van der Waals surface area contributed by atoms with E-state index in [-0.39, 0.29) is 40.3 Å². The molecule has 0 spiro atoms. The van der Waals surface area contributed by atoms with Gasteiger partial charge < -0.3 is 9.84 Å². The van der Waals surface area contributed by atoms with E-state index in [1.807, 2.05) is 18.2 Å². The zero-order chi connectivity index (χ0) is 12.3. The van der Waals surface area contributed by atoms with Crippen LogP contribution < -0.4 is 34.3 Å². The Morgan fingerprint density at radius 2 is 2.28 bits per heavy atom. The van der Waals surface area contributed by atoms with E-state index < -0.39 is 0 Å². The van der Waals surface area contributed by atoms with E-state index in [1.54, 1.807) is 6.07 Å². The van der Waals surface area contributed by atoms with Crippen molar-refractivity contribution in [2.24, 2.45) is 0 Å². The van der Waals surface area contributed by atoms with Crippen molar-refractivity contribution < 1.29 is 39.4 Å². The minimum atomic E-state index is -0.169. The molecule has 86 valence electrons. The Morgan fingerprint density at radius 1 is 1.50 bits per heavy atom. The molecule has 0 saturated heterocycles. The van der Waals surface area contributed by atoms with E-state index in [2.05, 4.69) is 4.98 Å². The molecule has 0 atom stereocenters. The standard InChI is InChI=1S/C7H5ClO.C4H2N2OS.Na/c8-7-3-6-2-1-5(7)4-9-6;5-1-3-4(7)6-2-8-3;/h1-3H,4H2;2,7H;/q;;+1. The van der Waals surface area contributed by atoms with Crippen molar-refractivity contribution in [3.63, 3.8) is 0 Å². The second-order valence-corrected chi connectivity index (χ2v) is 4.42. The number of ether oxygens (including phenoxy) is 1. The molecule has 2 aliphatic heterocycles. The van der Waals surface area contributed by atoms with Crippen molar-refractivity contribution >= 4 is 22.9 Å². The molecule has 4 rings (SSSR count). The van der Waals surface area contributed by atoms with Gasteiger partial charge in [0.2, 0.25) is 5.88 Å². The maximum atomic E-state index is 8.63. The van der Waals surface area contributed by atoms with Gasteiger partial charge in [-0.3, -0.25) is 0 Å². The Labute approximate surface area is 135 Å². The SMILES string of the molecule is Clc1cc2ccc1CO2.N#Cc1scnc1O.[Na+]. The molecule has 0 fully saturated rings. The predicted octanol–water partition coefficient (Wildman–Crippen LogP) is -0.0432. The average molecular weight is 290 g/mol. The van der Waals surface area contributed by atoms with E-state index in [0.29, 0.717) is 6.61 Å². The summed E-state index contributed by atoms with van der Waals surface area (Å²) < 4.78 is 5.18. The Balaban J connectivity index is 0.000000172. The fourth-order valence-corrected chi connectivity index (χ4v) is 1.91. The monoisotopic (exact) mass is 289 g/mol. The Kier molecular flexibility index (Phi) is 5.93. The second kappa shape index (κ2) is 6.98. The molecular formula is C11H7ClN2NaO2S+. The van der Waals surface area contributed by atoms with Gasteiger partial charge in [0.1, 0.15) is 18.4 Å². The topological polar surface area (TPSA) is 66.1 Å². The van der Waals surface area contributed by atoms with E-state index in [4.69, 9.17) is 26.7 Å². The third-order valence-electron chi connectivity index (χ3n) is 2.07. The minimum absolute atomic E-state index is 0. The van der Waals surface area contributed by atoms with Crippen LogP contribution in [0.15, 0.2) is 23.7 Å². The molecule has 2 aromatic rings. The van der Waals surface area contributed by atoms with E-state index in [0.717, 1.165) is 27.7 Å². The minimum Gasteiger partial charge on any atom is -0.492 e. The number of rotatable bonds is 0. The summed E-state index contributed by atoms with van der Waals surface area (Å²) >= 11 is 6.91. The molecule has 0 aliphatic carbocycles. The molecule has 2 aliphatic rings. The van der Waals surface area contributed by atoms with Gasteiger partial charge in [0.05, 0.1) is 10.5 Å². The van der Waals surface area contributed by atoms with Gasteiger partial charge in [-0.1, -0.05) is 17.7 Å². The van der Waals surface area contributed by atoms with Crippen LogP contribution in [0.5, 0.6) is 11.6 Å². The van der Waals surface area contributed by atoms with Gasteiger partial charge in [-0.15, -0.1) is 11.3 Å². The van der Waals surface area contributed by atoms with Crippen molar-refractivity contribution in [2.75, 3.05) is 0 Å². The molecule has 0 amide bonds. The Bertz CT molecular complexity index is 583. The third-order valence-corrected chi connectivity index (χ3v) is 3.14. The largest absolute Gasteiger partial charge is 1.00 e. The number of aromatic nitrogens is 1. The third kappa shape index (κ3) is 3.61. The van der Waals surface area contributed by atoms with Crippen LogP contribution in [-0.2, 0) is 6.61 Å². The summed E-state index contributed by atoms with van der Waals surface area (Å²) in [6.45, 7) is 0.640. The van der Waals surface area contributed by atoms with Crippen molar-refractivity contribution in [3.8, 4) is 17.7 Å². The summed E-state index contributed by atoms with van der Waals surface area (Å²) in [5, 5.41) is 17.6. The molecule has 7 heteroatoms. The molecule has 3 heterocycles. The van der Waals surface area contributed by atoms with Gasteiger partial charge in [-0.2, -0.15) is 5.26 Å². The molecule has 1 aromatic heterocycles. The fourth-order valence-electron chi connectivity index (χ4n) is 1.21. The van der Waals surface area contributed by atoms with Gasteiger partial charge >= 0.3 is 29.6 Å². The Hall–Kier alpha value is -0.770. The molecule has 0 radical (unpaired) electrons. The molecule has 18 heavy (non-hydrogen) atoms. The van der Waals surface area contributed by atoms with Gasteiger partial charge in [0.25, 0.3) is 0 Å². The first kappa shape index (κ1) is 15.3. The molecule has 4 nitrogen and oxygen atoms in total. The van der Waals surface area contributed by atoms with Crippen molar-refractivity contribution in [1.82, 2.24) is 4.98 Å². The number of halogens is 1. The Morgan fingerprint density at radius 3 is 2.50 bits per heavy atom. The maximum absolute atomic E-state index is 8.63. The smallest absolute Gasteiger partial charge is 0.492 e. The number of benzene rings is 1. The van der Waals surface area contributed by atoms with E-state index >= 15 is 0 Å². The average Bonchev–Trinajstić information content (AvgIpc) is 2.77. The van der Waals surface area contributed by atoms with Crippen molar-refractivity contribution in [1.29, 1.82) is 5.26 Å². The molecular weight excluding hydrogens is 283 g/mol. The number of hydrogen-bond donors (Lipinski definition) is 1. The molecule has 2 bridgehead atoms. The fraction of sp³-hybridized carbons (Fsp3) is 0.0909. The number of hydrogen-bond acceptors (Lipinski definition) is 5. The van der Waals surface area contributed by atoms with Crippen LogP contribution in [0.25, 0.3) is 0 Å². The maximum Gasteiger partial charge on any atom is 1.00 e. The van der Waals surface area contributed by atoms with Crippen LogP contribution in [0.1, 0.15) is 10.4 Å². The molecule has 1 N–H and O–H groups in total. The number of aromatic hydroxyl groups is 1. The summed E-state index contributed by atoms with van der Waals surface area (Å²) in [7, 11) is 0. The summed E-state index contributed by atoms with van der Waals surface area (Å²) in [4.78, 5) is 3.71. The molecule has 1 aromatic carbocycles. The first-order valence-electron chi connectivity index (χ1n) is 4.64. The first-order valence-corrected chi connectivity index (χ1v) is 5.90. The van der Waals surface area contributed by atoms with Gasteiger partial charge in [-0.05, 0) is 12.1 Å². The van der Waals surface area contributed by atoms with Gasteiger partial charge in [0, 0.05) is 5.56 Å². The second-order valence-electron chi connectivity index (χ2n) is 3.16. The summed E-state index contributed by atoms with van der Waals surface area (Å²) in [5.41, 5.74) is 2.50. The van der Waals surface area contributed by atoms with Gasteiger partial charge in [0.15, 0.2) is 4.88 Å². The van der Waals surface area contributed by atoms with Crippen molar-refractivity contribution in [3.05, 3.63) is 39.2 Å². The quantitative estimate of drug-likeness (QED) is 0.691. The van der Waals surface area contributed by atoms with Crippen LogP contribution in [0.3, 0.4) is 0 Å². The zero-order valence-electron chi connectivity index (χ0n) is 9.55. The number of thiazole rings is 1. The van der Waals surface area contributed by atoms with E-state index in [9.17, 15) is 0 Å². The first-order chi connectivity index (χ1) is 8.20. The number of nitrogens with zero attached hydrogens (tertiary/aromatic N) is 2. The predicted molar refractivity (Wildman–Crippen MR) is 64.3 cm³/mol. The zero-order valence-corrected chi connectivity index (χ0v) is 13.1. The molecule has 0 saturated carbocycles. The number of fused-ring (bicyclic) bond motifs is 3. The van der Waals surface area contributed by atoms with Crippen LogP contribution >= 0.6 is 22.9 Å². The van der Waals surface area contributed by atoms with Crippen LogP contribution in [0.4, 0.5) is 0 Å². The number of nitriles is 1. The summed E-state index contributed by atoms with van der Waals surface area (Å²) in [6.07, 6.45) is 0. The van der Waals surface area contributed by atoms with Crippen LogP contribution in [0.2, 0.25) is 5.02 Å².